The monoisotopic (exact) mass is 295 g/mol. The van der Waals surface area contributed by atoms with Crippen molar-refractivity contribution in [2.75, 3.05) is 11.9 Å². The number of thiazole rings is 1. The van der Waals surface area contributed by atoms with Gasteiger partial charge in [0.15, 0.2) is 0 Å². The highest BCUT2D eigenvalue weighted by atomic mass is 35.5. The molecule has 1 heterocycles. The third-order valence-electron chi connectivity index (χ3n) is 2.51. The second kappa shape index (κ2) is 6.54. The minimum absolute atomic E-state index is 0.161. The number of hydrogen-bond donors (Lipinski definition) is 2. The molecule has 0 aliphatic heterocycles. The second-order valence-electron chi connectivity index (χ2n) is 3.88. The summed E-state index contributed by atoms with van der Waals surface area (Å²) < 4.78 is 0. The minimum atomic E-state index is -0.161. The van der Waals surface area contributed by atoms with Crippen LogP contribution in [-0.2, 0) is 6.54 Å². The van der Waals surface area contributed by atoms with E-state index in [4.69, 9.17) is 11.6 Å². The molecule has 0 aliphatic carbocycles. The van der Waals surface area contributed by atoms with E-state index in [1.54, 1.807) is 17.6 Å². The van der Waals surface area contributed by atoms with Crippen LogP contribution in [0.2, 0.25) is 5.02 Å². The summed E-state index contributed by atoms with van der Waals surface area (Å²) in [6, 6.07) is 5.23. The van der Waals surface area contributed by atoms with Crippen LogP contribution in [0.25, 0.3) is 0 Å². The van der Waals surface area contributed by atoms with Gasteiger partial charge in [0, 0.05) is 22.6 Å². The van der Waals surface area contributed by atoms with Gasteiger partial charge >= 0.3 is 0 Å². The molecule has 1 aromatic carbocycles. The molecule has 4 nitrogen and oxygen atoms in total. The lowest BCUT2D eigenvalue weighted by molar-refractivity contribution is 0.0951. The van der Waals surface area contributed by atoms with Crippen LogP contribution in [0.4, 0.5) is 5.69 Å². The van der Waals surface area contributed by atoms with Gasteiger partial charge in [-0.3, -0.25) is 4.79 Å². The first-order chi connectivity index (χ1) is 9.20. The van der Waals surface area contributed by atoms with E-state index in [0.717, 1.165) is 17.9 Å². The summed E-state index contributed by atoms with van der Waals surface area (Å²) in [5.74, 6) is -0.161. The maximum absolute atomic E-state index is 12.2. The number of nitrogens with zero attached hydrogens (tertiary/aromatic N) is 1. The van der Waals surface area contributed by atoms with Gasteiger partial charge in [-0.1, -0.05) is 11.6 Å². The molecule has 2 rings (SSSR count). The van der Waals surface area contributed by atoms with Crippen LogP contribution in [0.3, 0.4) is 0 Å². The van der Waals surface area contributed by atoms with Crippen LogP contribution in [-0.4, -0.2) is 17.4 Å². The van der Waals surface area contributed by atoms with E-state index >= 15 is 0 Å². The van der Waals surface area contributed by atoms with Gasteiger partial charge in [-0.2, -0.15) is 0 Å². The van der Waals surface area contributed by atoms with Crippen LogP contribution in [0, 0.1) is 0 Å². The van der Waals surface area contributed by atoms with Crippen LogP contribution < -0.4 is 10.6 Å². The van der Waals surface area contributed by atoms with Gasteiger partial charge < -0.3 is 10.6 Å². The Kier molecular flexibility index (Phi) is 4.76. The van der Waals surface area contributed by atoms with Gasteiger partial charge in [0.25, 0.3) is 5.91 Å². The highest BCUT2D eigenvalue weighted by molar-refractivity contribution is 7.07. The molecule has 100 valence electrons. The van der Waals surface area contributed by atoms with Gasteiger partial charge in [-0.25, -0.2) is 4.98 Å². The molecule has 0 saturated carbocycles. The average molecular weight is 296 g/mol. The number of rotatable bonds is 5. The fraction of sp³-hybridized carbons (Fsp3) is 0.231. The van der Waals surface area contributed by atoms with E-state index in [1.807, 2.05) is 18.4 Å². The zero-order valence-electron chi connectivity index (χ0n) is 10.4. The Balaban J connectivity index is 2.11. The summed E-state index contributed by atoms with van der Waals surface area (Å²) in [4.78, 5) is 16.3. The van der Waals surface area contributed by atoms with Crippen LogP contribution in [0.15, 0.2) is 29.1 Å². The molecule has 0 bridgehead atoms. The third-order valence-corrected chi connectivity index (χ3v) is 3.38. The van der Waals surface area contributed by atoms with Crippen molar-refractivity contribution in [3.63, 3.8) is 0 Å². The molecule has 2 N–H and O–H groups in total. The topological polar surface area (TPSA) is 54.0 Å². The smallest absolute Gasteiger partial charge is 0.253 e. The van der Waals surface area contributed by atoms with E-state index < -0.39 is 0 Å². The Morgan fingerprint density at radius 1 is 1.47 bits per heavy atom. The predicted octanol–water partition coefficient (Wildman–Crippen LogP) is 3.16. The maximum atomic E-state index is 12.2. The first-order valence-corrected chi connectivity index (χ1v) is 7.21. The van der Waals surface area contributed by atoms with Crippen LogP contribution in [0.5, 0.6) is 0 Å². The third kappa shape index (κ3) is 3.68. The second-order valence-corrected chi connectivity index (χ2v) is 5.04. The Hall–Kier alpha value is -1.59. The number of aromatic nitrogens is 1. The normalized spacial score (nSPS) is 10.2. The molecule has 0 fully saturated rings. The first-order valence-electron chi connectivity index (χ1n) is 5.89. The van der Waals surface area contributed by atoms with Crippen molar-refractivity contribution < 1.29 is 4.79 Å². The van der Waals surface area contributed by atoms with Gasteiger partial charge in [-0.15, -0.1) is 11.3 Å². The highest BCUT2D eigenvalue weighted by Crippen LogP contribution is 2.20. The zero-order valence-corrected chi connectivity index (χ0v) is 12.0. The van der Waals surface area contributed by atoms with E-state index in [2.05, 4.69) is 15.6 Å². The van der Waals surface area contributed by atoms with Crippen molar-refractivity contribution in [2.45, 2.75) is 13.5 Å². The number of amides is 1. The molecule has 0 aliphatic rings. The van der Waals surface area contributed by atoms with Crippen molar-refractivity contribution in [3.8, 4) is 0 Å². The molecule has 0 spiro atoms. The van der Waals surface area contributed by atoms with Crippen molar-refractivity contribution in [2.24, 2.45) is 0 Å². The van der Waals surface area contributed by atoms with Crippen LogP contribution in [0.1, 0.15) is 23.0 Å². The SMILES string of the molecule is CCNc1ccc(Cl)cc1C(=O)NCc1cscn1. The Bertz CT molecular complexity index is 557. The van der Waals surface area contributed by atoms with Gasteiger partial charge in [0.2, 0.25) is 0 Å². The lowest BCUT2D eigenvalue weighted by atomic mass is 10.1. The van der Waals surface area contributed by atoms with E-state index in [9.17, 15) is 4.79 Å². The minimum Gasteiger partial charge on any atom is -0.385 e. The summed E-state index contributed by atoms with van der Waals surface area (Å²) in [6.07, 6.45) is 0. The molecule has 2 aromatic rings. The fourth-order valence-electron chi connectivity index (χ4n) is 1.64. The number of nitrogens with one attached hydrogen (secondary N) is 2. The highest BCUT2D eigenvalue weighted by Gasteiger charge is 2.11. The van der Waals surface area contributed by atoms with Crippen molar-refractivity contribution in [3.05, 3.63) is 45.4 Å². The van der Waals surface area contributed by atoms with Crippen molar-refractivity contribution in [1.29, 1.82) is 0 Å². The first kappa shape index (κ1) is 13.8. The molecule has 0 atom stereocenters. The lowest BCUT2D eigenvalue weighted by Gasteiger charge is -2.11. The summed E-state index contributed by atoms with van der Waals surface area (Å²) in [5.41, 5.74) is 3.92. The molecule has 6 heteroatoms. The quantitative estimate of drug-likeness (QED) is 0.891. The summed E-state index contributed by atoms with van der Waals surface area (Å²) in [6.45, 7) is 3.14. The van der Waals surface area contributed by atoms with Crippen molar-refractivity contribution in [1.82, 2.24) is 10.3 Å². The largest absolute Gasteiger partial charge is 0.385 e. The molecule has 1 aromatic heterocycles. The fourth-order valence-corrected chi connectivity index (χ4v) is 2.37. The summed E-state index contributed by atoms with van der Waals surface area (Å²) >= 11 is 7.45. The standard InChI is InChI=1S/C13H14ClN3OS/c1-2-15-12-4-3-9(14)5-11(12)13(18)16-6-10-7-19-8-17-10/h3-5,7-8,15H,2,6H2,1H3,(H,16,18). The van der Waals surface area contributed by atoms with Gasteiger partial charge in [-0.05, 0) is 25.1 Å². The molecule has 0 radical (unpaired) electrons. The molecular formula is C13H14ClN3OS. The summed E-state index contributed by atoms with van der Waals surface area (Å²) in [7, 11) is 0. The molecule has 19 heavy (non-hydrogen) atoms. The molecule has 1 amide bonds. The number of anilines is 1. The molecule has 0 saturated heterocycles. The van der Waals surface area contributed by atoms with E-state index in [0.29, 0.717) is 17.1 Å². The number of hydrogen-bond acceptors (Lipinski definition) is 4. The average Bonchev–Trinajstić information content (AvgIpc) is 2.91. The van der Waals surface area contributed by atoms with Crippen molar-refractivity contribution >= 4 is 34.5 Å². The lowest BCUT2D eigenvalue weighted by Crippen LogP contribution is -2.24. The number of carbonyl (C=O) groups is 1. The van der Waals surface area contributed by atoms with Crippen LogP contribution >= 0.6 is 22.9 Å². The summed E-state index contributed by atoms with van der Waals surface area (Å²) in [5, 5.41) is 8.43. The van der Waals surface area contributed by atoms with Gasteiger partial charge in [0.1, 0.15) is 0 Å². The maximum Gasteiger partial charge on any atom is 0.253 e. The molecule has 0 unspecified atom stereocenters. The van der Waals surface area contributed by atoms with Gasteiger partial charge in [0.05, 0.1) is 23.3 Å². The molecular weight excluding hydrogens is 282 g/mol. The Morgan fingerprint density at radius 3 is 3.00 bits per heavy atom. The van der Waals surface area contributed by atoms with E-state index in [1.165, 1.54) is 11.3 Å². The zero-order chi connectivity index (χ0) is 13.7. The van der Waals surface area contributed by atoms with E-state index in [-0.39, 0.29) is 5.91 Å². The number of benzene rings is 1. The Labute approximate surface area is 120 Å². The predicted molar refractivity (Wildman–Crippen MR) is 78.9 cm³/mol. The Morgan fingerprint density at radius 2 is 2.32 bits per heavy atom. The number of halogens is 1. The number of carbonyl (C=O) groups excluding carboxylic acids is 1.